The van der Waals surface area contributed by atoms with Crippen molar-refractivity contribution in [1.29, 1.82) is 0 Å². The van der Waals surface area contributed by atoms with Crippen LogP contribution in [-0.4, -0.2) is 90.9 Å². The number of carbonyl (C=O) groups is 5. The van der Waals surface area contributed by atoms with Crippen LogP contribution in [0.4, 0.5) is 26.0 Å². The number of benzene rings is 2. The van der Waals surface area contributed by atoms with Crippen molar-refractivity contribution in [2.24, 2.45) is 7.05 Å². The maximum absolute atomic E-state index is 15.1. The number of nitrogens with one attached hydrogen (secondary N) is 1. The Morgan fingerprint density at radius 3 is 2.45 bits per heavy atom. The van der Waals surface area contributed by atoms with Crippen molar-refractivity contribution < 1.29 is 32.8 Å². The predicted octanol–water partition coefficient (Wildman–Crippen LogP) is 5.61. The first-order valence-electron chi connectivity index (χ1n) is 20.5. The Morgan fingerprint density at radius 1 is 0.883 bits per heavy atom. The largest absolute Gasteiger partial charge is 0.371 e. The number of hydrogen-bond acceptors (Lipinski definition) is 9. The summed E-state index contributed by atoms with van der Waals surface area (Å²) in [6.45, 7) is 4.38. The van der Waals surface area contributed by atoms with Gasteiger partial charge in [-0.1, -0.05) is 0 Å². The van der Waals surface area contributed by atoms with Gasteiger partial charge in [0.05, 0.1) is 29.2 Å². The number of alkyl halides is 2. The van der Waals surface area contributed by atoms with E-state index in [4.69, 9.17) is 5.10 Å². The number of aryl methyl sites for hydroxylation is 2. The third kappa shape index (κ3) is 6.05. The molecule has 2 aromatic carbocycles. The highest BCUT2D eigenvalue weighted by Crippen LogP contribution is 2.45. The van der Waals surface area contributed by atoms with Crippen molar-refractivity contribution in [3.05, 3.63) is 88.5 Å². The fraction of sp³-hybridized carbons (Fsp3) is 0.386. The summed E-state index contributed by atoms with van der Waals surface area (Å²) >= 11 is 0. The van der Waals surface area contributed by atoms with Crippen molar-refractivity contribution >= 4 is 57.6 Å². The third-order valence-corrected chi connectivity index (χ3v) is 13.1. The summed E-state index contributed by atoms with van der Waals surface area (Å²) in [5.74, 6) is -1.48. The van der Waals surface area contributed by atoms with E-state index in [-0.39, 0.29) is 41.5 Å². The van der Waals surface area contributed by atoms with Crippen LogP contribution in [0.15, 0.2) is 55.0 Å². The van der Waals surface area contributed by atoms with Crippen LogP contribution in [0.5, 0.6) is 0 Å². The van der Waals surface area contributed by atoms with Crippen LogP contribution in [-0.2, 0) is 40.8 Å². The number of aromatic nitrogens is 4. The first-order valence-corrected chi connectivity index (χ1v) is 20.5. The lowest BCUT2D eigenvalue weighted by Gasteiger charge is -2.35. The molecule has 2 fully saturated rings. The highest BCUT2D eigenvalue weighted by atomic mass is 19.3. The molecule has 3 aromatic heterocycles. The maximum atomic E-state index is 15.1. The molecule has 60 heavy (non-hydrogen) atoms. The average Bonchev–Trinajstić information content (AvgIpc) is 3.88. The van der Waals surface area contributed by atoms with Gasteiger partial charge in [-0.15, -0.1) is 0 Å². The maximum Gasteiger partial charge on any atom is 0.264 e. The van der Waals surface area contributed by atoms with Gasteiger partial charge in [-0.25, -0.2) is 8.78 Å². The molecular formula is C44H43F2N9O5. The molecular weight excluding hydrogens is 773 g/mol. The normalized spacial score (nSPS) is 19.6. The van der Waals surface area contributed by atoms with Crippen molar-refractivity contribution in [2.75, 3.05) is 36.0 Å². The van der Waals surface area contributed by atoms with Crippen LogP contribution in [0.1, 0.15) is 94.6 Å². The fourth-order valence-corrected chi connectivity index (χ4v) is 9.97. The summed E-state index contributed by atoms with van der Waals surface area (Å²) in [4.78, 5) is 75.2. The van der Waals surface area contributed by atoms with Crippen LogP contribution >= 0.6 is 0 Å². The zero-order valence-corrected chi connectivity index (χ0v) is 33.3. The number of rotatable bonds is 6. The number of fused-ring (bicyclic) bond motifs is 4. The lowest BCUT2D eigenvalue weighted by Crippen LogP contribution is -2.54. The summed E-state index contributed by atoms with van der Waals surface area (Å²) < 4.78 is 34.2. The molecule has 1 atom stereocenters. The number of hydrogen-bond donors (Lipinski definition) is 1. The second-order valence-corrected chi connectivity index (χ2v) is 16.4. The molecule has 10 rings (SSSR count). The van der Waals surface area contributed by atoms with Gasteiger partial charge < -0.3 is 19.3 Å². The molecule has 0 saturated carbocycles. The van der Waals surface area contributed by atoms with Gasteiger partial charge in [0.25, 0.3) is 18.2 Å². The number of pyridine rings is 1. The summed E-state index contributed by atoms with van der Waals surface area (Å²) in [6, 6.07) is 9.61. The van der Waals surface area contributed by atoms with Gasteiger partial charge in [-0.3, -0.25) is 43.9 Å². The molecule has 1 N–H and O–H groups in total. The minimum absolute atomic E-state index is 0.0245. The summed E-state index contributed by atoms with van der Waals surface area (Å²) in [5.41, 5.74) is 7.01. The standard InChI is InChI=1S/C44H43F2N9O5/c1-24(56)52-17-12-36-34(23-52)41(53-14-3-4-25-18-29(30(40(45)46)20-38(25)53)33-22-50(2)35-9-13-47-21-32(33)35)49-55(36)26-10-15-51(16-11-26)27-5-6-28-31(19-27)44(60)54(43(28)59)37-7-8-39(57)48-42(37)58/h5-6,9,13,18-22,26,37,40H,3-4,7-8,10-12,14-17,23H2,1-2H3,(H,48,57,58). The van der Waals surface area contributed by atoms with E-state index in [0.717, 1.165) is 69.6 Å². The topological polar surface area (TPSA) is 146 Å². The summed E-state index contributed by atoms with van der Waals surface area (Å²) in [5, 5.41) is 8.35. The zero-order valence-electron chi connectivity index (χ0n) is 33.3. The van der Waals surface area contributed by atoms with Gasteiger partial charge in [0.1, 0.15) is 6.04 Å². The van der Waals surface area contributed by atoms with Gasteiger partial charge in [0.15, 0.2) is 5.82 Å². The Labute approximate surface area is 343 Å². The average molecular weight is 816 g/mol. The lowest BCUT2D eigenvalue weighted by molar-refractivity contribution is -0.136. The van der Waals surface area contributed by atoms with Gasteiger partial charge in [-0.2, -0.15) is 5.10 Å². The predicted molar refractivity (Wildman–Crippen MR) is 217 cm³/mol. The van der Waals surface area contributed by atoms with E-state index < -0.39 is 36.1 Å². The van der Waals surface area contributed by atoms with Gasteiger partial charge in [0, 0.05) is 111 Å². The van der Waals surface area contributed by atoms with Crippen LogP contribution in [0, 0.1) is 0 Å². The van der Waals surface area contributed by atoms with Gasteiger partial charge in [0.2, 0.25) is 17.7 Å². The molecule has 8 heterocycles. The van der Waals surface area contributed by atoms with E-state index in [1.807, 2.05) is 40.9 Å². The number of piperidine rings is 2. The van der Waals surface area contributed by atoms with Crippen LogP contribution in [0.2, 0.25) is 0 Å². The molecule has 308 valence electrons. The van der Waals surface area contributed by atoms with Crippen LogP contribution in [0.3, 0.4) is 0 Å². The summed E-state index contributed by atoms with van der Waals surface area (Å²) in [6.07, 6.45) is 6.33. The number of halogens is 2. The minimum atomic E-state index is -2.72. The van der Waals surface area contributed by atoms with Crippen molar-refractivity contribution in [1.82, 2.24) is 34.4 Å². The van der Waals surface area contributed by atoms with E-state index in [9.17, 15) is 24.0 Å². The quantitative estimate of drug-likeness (QED) is 0.217. The van der Waals surface area contributed by atoms with Crippen molar-refractivity contribution in [3.8, 4) is 11.1 Å². The third-order valence-electron chi connectivity index (χ3n) is 13.1. The second kappa shape index (κ2) is 14.4. The highest BCUT2D eigenvalue weighted by molar-refractivity contribution is 6.23. The molecule has 0 spiro atoms. The lowest BCUT2D eigenvalue weighted by atomic mass is 9.91. The SMILES string of the molecule is CC(=O)N1CCc2c(c(N3CCCc4cc(-c5cn(C)c6ccncc56)c(C(F)F)cc43)nn2C2CCN(c3ccc4c(c3)C(=O)N(C3CCC(=O)NC3=O)C4=O)CC2)C1. The first kappa shape index (κ1) is 37.8. The minimum Gasteiger partial charge on any atom is -0.371 e. The first-order chi connectivity index (χ1) is 29.0. The molecule has 2 saturated heterocycles. The Morgan fingerprint density at radius 2 is 1.68 bits per heavy atom. The fourth-order valence-electron chi connectivity index (χ4n) is 9.97. The molecule has 5 aliphatic rings. The monoisotopic (exact) mass is 815 g/mol. The van der Waals surface area contributed by atoms with Crippen LogP contribution < -0.4 is 15.1 Å². The number of amides is 5. The molecule has 5 aromatic rings. The zero-order chi connectivity index (χ0) is 41.6. The van der Waals surface area contributed by atoms with E-state index >= 15 is 8.78 Å². The molecule has 0 aliphatic carbocycles. The second-order valence-electron chi connectivity index (χ2n) is 16.4. The molecule has 16 heteroatoms. The van der Waals surface area contributed by atoms with Crippen molar-refractivity contribution in [3.63, 3.8) is 0 Å². The number of nitrogens with zero attached hydrogens (tertiary/aromatic N) is 8. The van der Waals surface area contributed by atoms with Gasteiger partial charge >= 0.3 is 0 Å². The molecule has 0 radical (unpaired) electrons. The molecule has 5 aliphatic heterocycles. The number of anilines is 3. The highest BCUT2D eigenvalue weighted by Gasteiger charge is 2.45. The van der Waals surface area contributed by atoms with Crippen LogP contribution in [0.25, 0.3) is 22.0 Å². The molecule has 14 nitrogen and oxygen atoms in total. The Kier molecular flexibility index (Phi) is 9.06. The molecule has 0 bridgehead atoms. The van der Waals surface area contributed by atoms with E-state index in [0.29, 0.717) is 56.2 Å². The number of imide groups is 2. The molecule has 1 unspecified atom stereocenters. The van der Waals surface area contributed by atoms with Gasteiger partial charge in [-0.05, 0) is 79.6 Å². The van der Waals surface area contributed by atoms with E-state index in [1.54, 1.807) is 37.5 Å². The Hall–Kier alpha value is -6.45. The summed E-state index contributed by atoms with van der Waals surface area (Å²) in [7, 11) is 1.90. The van der Waals surface area contributed by atoms with Crippen molar-refractivity contribution in [2.45, 2.75) is 76.9 Å². The molecule has 5 amide bonds. The Bertz CT molecular complexity index is 2660. The van der Waals surface area contributed by atoms with E-state index in [2.05, 4.69) is 24.8 Å². The van der Waals surface area contributed by atoms with E-state index in [1.165, 1.54) is 0 Å². The smallest absolute Gasteiger partial charge is 0.264 e. The Balaban J connectivity index is 0.943. The number of carbonyl (C=O) groups excluding carboxylic acids is 5.